The fourth-order valence-corrected chi connectivity index (χ4v) is 4.48. The fraction of sp³-hybridized carbons (Fsp3) is 0.600. The number of benzene rings is 2. The van der Waals surface area contributed by atoms with Gasteiger partial charge >= 0.3 is 7.12 Å². The van der Waals surface area contributed by atoms with Crippen LogP contribution in [0.15, 0.2) is 36.4 Å². The smallest absolute Gasteiger partial charge is 0.493 e. The minimum Gasteiger partial charge on any atom is -0.493 e. The molecule has 4 rings (SSSR count). The molecule has 0 aromatic heterocycles. The Kier molecular flexibility index (Phi) is 9.22. The van der Waals surface area contributed by atoms with E-state index < -0.39 is 7.12 Å². The first kappa shape index (κ1) is 28.0. The van der Waals surface area contributed by atoms with Crippen molar-refractivity contribution >= 4 is 12.6 Å². The Balaban J connectivity index is 1.62. The van der Waals surface area contributed by atoms with Gasteiger partial charge in [0.1, 0.15) is 11.5 Å². The van der Waals surface area contributed by atoms with E-state index in [2.05, 4.69) is 77.9 Å². The molecule has 0 bridgehead atoms. The number of hydrogen-bond donors (Lipinski definition) is 0. The van der Waals surface area contributed by atoms with Gasteiger partial charge in [0.2, 0.25) is 0 Å². The highest BCUT2D eigenvalue weighted by atomic mass is 16.7. The third-order valence-electron chi connectivity index (χ3n) is 7.35. The molecule has 2 saturated heterocycles. The van der Waals surface area contributed by atoms with Crippen LogP contribution in [0.1, 0.15) is 79.2 Å². The van der Waals surface area contributed by atoms with Crippen molar-refractivity contribution in [3.63, 3.8) is 0 Å². The minimum absolute atomic E-state index is 0.143. The summed E-state index contributed by atoms with van der Waals surface area (Å²) in [4.78, 5) is 0. The Labute approximate surface area is 223 Å². The molecule has 1 unspecified atom stereocenters. The van der Waals surface area contributed by atoms with Gasteiger partial charge in [-0.1, -0.05) is 38.1 Å². The van der Waals surface area contributed by atoms with Crippen LogP contribution >= 0.6 is 0 Å². The summed E-state index contributed by atoms with van der Waals surface area (Å²) in [5.41, 5.74) is 3.25. The third-order valence-corrected chi connectivity index (χ3v) is 7.35. The zero-order chi connectivity index (χ0) is 26.5. The first-order valence-corrected chi connectivity index (χ1v) is 13.9. The maximum absolute atomic E-state index is 6.26. The highest BCUT2D eigenvalue weighted by Gasteiger charge is 2.51. The quantitative estimate of drug-likeness (QED) is 0.332. The van der Waals surface area contributed by atoms with Crippen LogP contribution in [-0.4, -0.2) is 44.4 Å². The standard InChI is InChI=1S/C30H43BO6/c1-7-16-32-25-19-22(21-35-27-11-9-10-18-34-27)20-26(33-17-8-2)28(25)23-12-14-24(15-13-23)31-36-29(3,4)30(5,6)37-31/h12-15,19-20,27H,7-11,16-18,21H2,1-6H3. The summed E-state index contributed by atoms with van der Waals surface area (Å²) < 4.78 is 36.9. The van der Waals surface area contributed by atoms with Crippen molar-refractivity contribution in [2.24, 2.45) is 0 Å². The molecule has 2 heterocycles. The van der Waals surface area contributed by atoms with E-state index in [1.807, 2.05) is 0 Å². The topological polar surface area (TPSA) is 55.4 Å². The Bertz CT molecular complexity index is 968. The van der Waals surface area contributed by atoms with E-state index in [1.54, 1.807) is 0 Å². The zero-order valence-electron chi connectivity index (χ0n) is 23.4. The molecule has 7 heteroatoms. The molecule has 6 nitrogen and oxygen atoms in total. The lowest BCUT2D eigenvalue weighted by molar-refractivity contribution is -0.168. The Morgan fingerprint density at radius 3 is 1.97 bits per heavy atom. The summed E-state index contributed by atoms with van der Waals surface area (Å²) in [6.45, 7) is 15.0. The van der Waals surface area contributed by atoms with Crippen LogP contribution in [0.4, 0.5) is 0 Å². The molecule has 0 aliphatic carbocycles. The maximum atomic E-state index is 6.26. The predicted octanol–water partition coefficient (Wildman–Crippen LogP) is 6.27. The highest BCUT2D eigenvalue weighted by molar-refractivity contribution is 6.62. The average molecular weight is 510 g/mol. The summed E-state index contributed by atoms with van der Waals surface area (Å²) in [6, 6.07) is 12.5. The van der Waals surface area contributed by atoms with Crippen LogP contribution in [0.25, 0.3) is 11.1 Å². The van der Waals surface area contributed by atoms with Crippen molar-refractivity contribution < 1.29 is 28.3 Å². The van der Waals surface area contributed by atoms with Gasteiger partial charge in [0.05, 0.1) is 36.6 Å². The van der Waals surface area contributed by atoms with E-state index in [0.717, 1.165) is 72.4 Å². The van der Waals surface area contributed by atoms with Crippen molar-refractivity contribution in [1.29, 1.82) is 0 Å². The van der Waals surface area contributed by atoms with Gasteiger partial charge in [-0.25, -0.2) is 0 Å². The summed E-state index contributed by atoms with van der Waals surface area (Å²) >= 11 is 0. The summed E-state index contributed by atoms with van der Waals surface area (Å²) in [7, 11) is -0.396. The zero-order valence-corrected chi connectivity index (χ0v) is 23.4. The first-order valence-electron chi connectivity index (χ1n) is 13.9. The van der Waals surface area contributed by atoms with Crippen LogP contribution in [-0.2, 0) is 25.4 Å². The molecule has 2 fully saturated rings. The van der Waals surface area contributed by atoms with E-state index in [9.17, 15) is 0 Å². The monoisotopic (exact) mass is 510 g/mol. The molecule has 0 saturated carbocycles. The fourth-order valence-electron chi connectivity index (χ4n) is 4.48. The Morgan fingerprint density at radius 2 is 1.46 bits per heavy atom. The van der Waals surface area contributed by atoms with E-state index >= 15 is 0 Å². The highest BCUT2D eigenvalue weighted by Crippen LogP contribution is 2.41. The second-order valence-electron chi connectivity index (χ2n) is 11.0. The van der Waals surface area contributed by atoms with Crippen molar-refractivity contribution in [2.75, 3.05) is 19.8 Å². The molecule has 2 aliphatic rings. The SMILES string of the molecule is CCCOc1cc(COC2CCCCO2)cc(OCCC)c1-c1ccc(B2OC(C)(C)C(C)(C)O2)cc1. The molecule has 2 aliphatic heterocycles. The number of hydrogen-bond acceptors (Lipinski definition) is 6. The molecule has 0 amide bonds. The predicted molar refractivity (Wildman–Crippen MR) is 148 cm³/mol. The molecule has 2 aromatic carbocycles. The van der Waals surface area contributed by atoms with Gasteiger partial charge in [-0.3, -0.25) is 0 Å². The lowest BCUT2D eigenvalue weighted by atomic mass is 9.78. The van der Waals surface area contributed by atoms with Gasteiger partial charge in [0.25, 0.3) is 0 Å². The van der Waals surface area contributed by atoms with Gasteiger partial charge < -0.3 is 28.3 Å². The molecule has 37 heavy (non-hydrogen) atoms. The number of ether oxygens (including phenoxy) is 4. The summed E-state index contributed by atoms with van der Waals surface area (Å²) in [5, 5.41) is 0. The average Bonchev–Trinajstić information content (AvgIpc) is 3.12. The van der Waals surface area contributed by atoms with Gasteiger partial charge in [-0.2, -0.15) is 0 Å². The van der Waals surface area contributed by atoms with Crippen LogP contribution in [0.2, 0.25) is 0 Å². The maximum Gasteiger partial charge on any atom is 0.494 e. The van der Waals surface area contributed by atoms with Crippen molar-refractivity contribution in [3.8, 4) is 22.6 Å². The van der Waals surface area contributed by atoms with Crippen molar-refractivity contribution in [1.82, 2.24) is 0 Å². The first-order chi connectivity index (χ1) is 17.7. The summed E-state index contributed by atoms with van der Waals surface area (Å²) in [6.07, 6.45) is 4.87. The molecule has 1 atom stereocenters. The van der Waals surface area contributed by atoms with Crippen molar-refractivity contribution in [2.45, 2.75) is 97.7 Å². The number of rotatable bonds is 11. The van der Waals surface area contributed by atoms with Crippen LogP contribution in [0, 0.1) is 0 Å². The second-order valence-corrected chi connectivity index (χ2v) is 11.0. The normalized spacial score (nSPS) is 20.7. The van der Waals surface area contributed by atoms with Crippen LogP contribution in [0.3, 0.4) is 0 Å². The lowest BCUT2D eigenvalue weighted by Crippen LogP contribution is -2.41. The molecule has 0 spiro atoms. The minimum atomic E-state index is -0.396. The van der Waals surface area contributed by atoms with E-state index in [0.29, 0.717) is 19.8 Å². The van der Waals surface area contributed by atoms with E-state index in [4.69, 9.17) is 28.3 Å². The van der Waals surface area contributed by atoms with Crippen molar-refractivity contribution in [3.05, 3.63) is 42.0 Å². The van der Waals surface area contributed by atoms with Crippen LogP contribution in [0.5, 0.6) is 11.5 Å². The van der Waals surface area contributed by atoms with Gasteiger partial charge in [0, 0.05) is 6.61 Å². The molecule has 2 aromatic rings. The van der Waals surface area contributed by atoms with E-state index in [-0.39, 0.29) is 17.5 Å². The Hall–Kier alpha value is -2.06. The van der Waals surface area contributed by atoms with Gasteiger partial charge in [0.15, 0.2) is 6.29 Å². The summed E-state index contributed by atoms with van der Waals surface area (Å²) in [5.74, 6) is 1.61. The third kappa shape index (κ3) is 6.69. The van der Waals surface area contributed by atoms with Crippen LogP contribution < -0.4 is 14.9 Å². The van der Waals surface area contributed by atoms with E-state index in [1.165, 1.54) is 0 Å². The lowest BCUT2D eigenvalue weighted by Gasteiger charge is -2.32. The van der Waals surface area contributed by atoms with Gasteiger partial charge in [-0.05, 0) is 88.5 Å². The largest absolute Gasteiger partial charge is 0.494 e. The molecule has 202 valence electrons. The second kappa shape index (κ2) is 12.2. The molecule has 0 radical (unpaired) electrons. The molecular formula is C30H43BO6. The Morgan fingerprint density at radius 1 is 0.865 bits per heavy atom. The molecular weight excluding hydrogens is 467 g/mol. The molecule has 0 N–H and O–H groups in total. The van der Waals surface area contributed by atoms with Gasteiger partial charge in [-0.15, -0.1) is 0 Å².